The molecule has 6 heteroatoms. The molecule has 1 amide bonds. The molecule has 0 aliphatic heterocycles. The van der Waals surface area contributed by atoms with E-state index < -0.39 is 5.97 Å². The van der Waals surface area contributed by atoms with E-state index in [0.29, 0.717) is 17.2 Å². The van der Waals surface area contributed by atoms with E-state index in [9.17, 15) is 9.59 Å². The van der Waals surface area contributed by atoms with Gasteiger partial charge in [0.05, 0.1) is 12.7 Å². The minimum absolute atomic E-state index is 0.316. The lowest BCUT2D eigenvalue weighted by atomic mass is 10.1. The molecular formula is C20H21NO4S. The highest BCUT2D eigenvalue weighted by Crippen LogP contribution is 2.32. The Morgan fingerprint density at radius 1 is 1.23 bits per heavy atom. The van der Waals surface area contributed by atoms with Crippen LogP contribution in [-0.2, 0) is 9.53 Å². The summed E-state index contributed by atoms with van der Waals surface area (Å²) < 4.78 is 10.2. The van der Waals surface area contributed by atoms with E-state index in [1.165, 1.54) is 24.5 Å². The van der Waals surface area contributed by atoms with Crippen molar-refractivity contribution in [3.05, 3.63) is 64.6 Å². The molecule has 0 atom stereocenters. The van der Waals surface area contributed by atoms with Crippen molar-refractivity contribution in [1.82, 2.24) is 0 Å². The summed E-state index contributed by atoms with van der Waals surface area (Å²) in [6, 6.07) is 7.34. The Labute approximate surface area is 156 Å². The molecule has 0 unspecified atom stereocenters. The van der Waals surface area contributed by atoms with Crippen LogP contribution < -0.4 is 10.1 Å². The fourth-order valence-electron chi connectivity index (χ4n) is 2.22. The van der Waals surface area contributed by atoms with Crippen molar-refractivity contribution in [1.29, 1.82) is 0 Å². The number of rotatable bonds is 7. The second kappa shape index (κ2) is 9.01. The molecule has 0 fully saturated rings. The Balaban J connectivity index is 2.07. The van der Waals surface area contributed by atoms with E-state index in [1.807, 2.05) is 38.1 Å². The van der Waals surface area contributed by atoms with Gasteiger partial charge in [0.25, 0.3) is 0 Å². The van der Waals surface area contributed by atoms with E-state index >= 15 is 0 Å². The maximum Gasteiger partial charge on any atom is 0.341 e. The summed E-state index contributed by atoms with van der Waals surface area (Å²) >= 11 is 1.35. The average molecular weight is 371 g/mol. The molecule has 1 aromatic carbocycles. The van der Waals surface area contributed by atoms with E-state index in [0.717, 1.165) is 21.8 Å². The third kappa shape index (κ3) is 4.83. The Morgan fingerprint density at radius 3 is 2.54 bits per heavy atom. The third-order valence-electron chi connectivity index (χ3n) is 3.69. The number of carbonyl (C=O) groups is 2. The summed E-state index contributed by atoms with van der Waals surface area (Å²) in [6.07, 6.45) is 4.79. The predicted molar refractivity (Wildman–Crippen MR) is 105 cm³/mol. The normalized spacial score (nSPS) is 10.6. The Hall–Kier alpha value is -2.86. The third-order valence-corrected chi connectivity index (χ3v) is 4.81. The number of hydrogen-bond acceptors (Lipinski definition) is 5. The van der Waals surface area contributed by atoms with Crippen LogP contribution in [0.3, 0.4) is 0 Å². The summed E-state index contributed by atoms with van der Waals surface area (Å²) in [5, 5.41) is 3.25. The van der Waals surface area contributed by atoms with Gasteiger partial charge in [-0.3, -0.25) is 4.79 Å². The number of benzene rings is 1. The lowest BCUT2D eigenvalue weighted by molar-refractivity contribution is -0.111. The summed E-state index contributed by atoms with van der Waals surface area (Å²) in [4.78, 5) is 25.1. The first-order valence-corrected chi connectivity index (χ1v) is 8.79. The molecule has 5 nitrogen and oxygen atoms in total. The molecule has 0 aliphatic rings. The van der Waals surface area contributed by atoms with Crippen molar-refractivity contribution >= 4 is 34.3 Å². The lowest BCUT2D eigenvalue weighted by Crippen LogP contribution is -2.11. The summed E-state index contributed by atoms with van der Waals surface area (Å²) in [6.45, 7) is 7.77. The molecule has 1 heterocycles. The Kier molecular flexibility index (Phi) is 6.74. The number of aryl methyl sites for hydroxylation is 1. The maximum atomic E-state index is 12.2. The highest BCUT2D eigenvalue weighted by molar-refractivity contribution is 7.16. The molecule has 0 bridgehead atoms. The smallest absolute Gasteiger partial charge is 0.341 e. The van der Waals surface area contributed by atoms with Crippen molar-refractivity contribution in [2.75, 3.05) is 19.0 Å². The lowest BCUT2D eigenvalue weighted by Gasteiger charge is -2.04. The molecule has 0 aliphatic carbocycles. The van der Waals surface area contributed by atoms with Crippen LogP contribution in [0.1, 0.15) is 26.4 Å². The minimum atomic E-state index is -0.457. The minimum Gasteiger partial charge on any atom is -0.490 e. The average Bonchev–Trinajstić information content (AvgIpc) is 2.92. The highest BCUT2D eigenvalue weighted by Gasteiger charge is 2.20. The number of thiophene rings is 1. The van der Waals surface area contributed by atoms with Crippen molar-refractivity contribution in [2.45, 2.75) is 13.8 Å². The number of nitrogens with one attached hydrogen (secondary N) is 1. The molecule has 26 heavy (non-hydrogen) atoms. The van der Waals surface area contributed by atoms with Crippen LogP contribution in [0.25, 0.3) is 6.08 Å². The van der Waals surface area contributed by atoms with Crippen LogP contribution in [0.4, 0.5) is 5.00 Å². The number of ether oxygens (including phenoxy) is 2. The van der Waals surface area contributed by atoms with Gasteiger partial charge in [-0.15, -0.1) is 11.3 Å². The van der Waals surface area contributed by atoms with Crippen molar-refractivity contribution in [3.63, 3.8) is 0 Å². The molecule has 1 N–H and O–H groups in total. The van der Waals surface area contributed by atoms with Gasteiger partial charge in [0.15, 0.2) is 0 Å². The number of hydrogen-bond donors (Lipinski definition) is 1. The highest BCUT2D eigenvalue weighted by atomic mass is 32.1. The first-order valence-electron chi connectivity index (χ1n) is 7.97. The van der Waals surface area contributed by atoms with E-state index in [-0.39, 0.29) is 5.91 Å². The SMILES string of the molecule is C=CCOc1ccc(/C=C/C(=O)Nc2sc(C)c(C)c2C(=O)OC)cc1. The second-order valence-corrected chi connectivity index (χ2v) is 6.69. The molecule has 0 spiro atoms. The molecule has 0 radical (unpaired) electrons. The van der Waals surface area contributed by atoms with Crippen LogP contribution in [-0.4, -0.2) is 25.6 Å². The largest absolute Gasteiger partial charge is 0.490 e. The standard InChI is InChI=1S/C20H21NO4S/c1-5-12-25-16-9-6-15(7-10-16)8-11-17(22)21-19-18(20(23)24-4)13(2)14(3)26-19/h5-11H,1,12H2,2-4H3,(H,21,22)/b11-8+. The van der Waals surface area contributed by atoms with E-state index in [2.05, 4.69) is 11.9 Å². The maximum absolute atomic E-state index is 12.2. The monoisotopic (exact) mass is 371 g/mol. The predicted octanol–water partition coefficient (Wildman–Crippen LogP) is 4.37. The van der Waals surface area contributed by atoms with Crippen LogP contribution in [0, 0.1) is 13.8 Å². The van der Waals surface area contributed by atoms with Crippen molar-refractivity contribution in [3.8, 4) is 5.75 Å². The summed E-state index contributed by atoms with van der Waals surface area (Å²) in [5.74, 6) is -0.0385. The quantitative estimate of drug-likeness (QED) is 0.446. The van der Waals surface area contributed by atoms with Crippen LogP contribution in [0.15, 0.2) is 43.0 Å². The van der Waals surface area contributed by atoms with Gasteiger partial charge in [0, 0.05) is 11.0 Å². The number of anilines is 1. The number of carbonyl (C=O) groups excluding carboxylic acids is 2. The van der Waals surface area contributed by atoms with Gasteiger partial charge in [-0.2, -0.15) is 0 Å². The molecule has 136 valence electrons. The van der Waals surface area contributed by atoms with Crippen LogP contribution in [0.2, 0.25) is 0 Å². The zero-order valence-corrected chi connectivity index (χ0v) is 15.8. The van der Waals surface area contributed by atoms with E-state index in [4.69, 9.17) is 9.47 Å². The first kappa shape index (κ1) is 19.5. The van der Waals surface area contributed by atoms with Gasteiger partial charge in [0.1, 0.15) is 17.4 Å². The van der Waals surface area contributed by atoms with Gasteiger partial charge >= 0.3 is 5.97 Å². The fourth-order valence-corrected chi connectivity index (χ4v) is 3.27. The van der Waals surface area contributed by atoms with Gasteiger partial charge < -0.3 is 14.8 Å². The number of amides is 1. The summed E-state index contributed by atoms with van der Waals surface area (Å²) in [5.41, 5.74) is 2.08. The van der Waals surface area contributed by atoms with Crippen LogP contribution in [0.5, 0.6) is 5.75 Å². The van der Waals surface area contributed by atoms with Gasteiger partial charge in [-0.05, 0) is 43.2 Å². The Bertz CT molecular complexity index is 834. The van der Waals surface area contributed by atoms with Gasteiger partial charge in [0.2, 0.25) is 5.91 Å². The van der Waals surface area contributed by atoms with Crippen molar-refractivity contribution < 1.29 is 19.1 Å². The Morgan fingerprint density at radius 2 is 1.92 bits per heavy atom. The molecule has 2 rings (SSSR count). The molecule has 2 aromatic rings. The van der Waals surface area contributed by atoms with Crippen LogP contribution >= 0.6 is 11.3 Å². The van der Waals surface area contributed by atoms with E-state index in [1.54, 1.807) is 12.2 Å². The topological polar surface area (TPSA) is 64.6 Å². The van der Waals surface area contributed by atoms with Gasteiger partial charge in [-0.1, -0.05) is 24.8 Å². The molecule has 1 aromatic heterocycles. The molecular weight excluding hydrogens is 350 g/mol. The van der Waals surface area contributed by atoms with Gasteiger partial charge in [-0.25, -0.2) is 4.79 Å². The second-order valence-electron chi connectivity index (χ2n) is 5.47. The fraction of sp³-hybridized carbons (Fsp3) is 0.200. The molecule has 0 saturated carbocycles. The molecule has 0 saturated heterocycles. The number of esters is 1. The zero-order chi connectivity index (χ0) is 19.1. The first-order chi connectivity index (χ1) is 12.5. The summed E-state index contributed by atoms with van der Waals surface area (Å²) in [7, 11) is 1.32. The van der Waals surface area contributed by atoms with Crippen molar-refractivity contribution in [2.24, 2.45) is 0 Å². The number of methoxy groups -OCH3 is 1. The zero-order valence-electron chi connectivity index (χ0n) is 15.0.